The van der Waals surface area contributed by atoms with Crippen LogP contribution < -0.4 is 10.0 Å². The van der Waals surface area contributed by atoms with Crippen molar-refractivity contribution in [2.75, 3.05) is 5.32 Å². The van der Waals surface area contributed by atoms with Gasteiger partial charge in [-0.2, -0.15) is 0 Å². The lowest BCUT2D eigenvalue weighted by atomic mass is 10.2. The van der Waals surface area contributed by atoms with E-state index in [-0.39, 0.29) is 21.9 Å². The van der Waals surface area contributed by atoms with Gasteiger partial charge in [-0.3, -0.25) is 10.1 Å². The quantitative estimate of drug-likeness (QED) is 0.645. The Balaban J connectivity index is 1.67. The van der Waals surface area contributed by atoms with Crippen molar-refractivity contribution in [3.05, 3.63) is 71.8 Å². The second-order valence-electron chi connectivity index (χ2n) is 5.00. The van der Waals surface area contributed by atoms with E-state index in [0.717, 1.165) is 16.9 Å². The second kappa shape index (κ2) is 7.51. The van der Waals surface area contributed by atoms with Gasteiger partial charge in [-0.15, -0.1) is 10.2 Å². The van der Waals surface area contributed by atoms with Crippen molar-refractivity contribution in [1.82, 2.24) is 14.9 Å². The maximum absolute atomic E-state index is 12.3. The Morgan fingerprint density at radius 3 is 2.28 bits per heavy atom. The molecule has 0 saturated carbocycles. The third-order valence-electron chi connectivity index (χ3n) is 3.20. The van der Waals surface area contributed by atoms with Crippen molar-refractivity contribution in [2.45, 2.75) is 10.9 Å². The van der Waals surface area contributed by atoms with Crippen LogP contribution in [-0.2, 0) is 16.6 Å². The number of carbonyl (C=O) groups is 1. The average Bonchev–Trinajstić information content (AvgIpc) is 3.11. The fourth-order valence-corrected chi connectivity index (χ4v) is 3.92. The highest BCUT2D eigenvalue weighted by molar-refractivity contribution is 7.91. The number of anilines is 1. The highest BCUT2D eigenvalue weighted by atomic mass is 32.2. The maximum atomic E-state index is 12.3. The van der Waals surface area contributed by atoms with E-state index in [2.05, 4.69) is 20.2 Å². The van der Waals surface area contributed by atoms with E-state index in [9.17, 15) is 13.2 Å². The minimum Gasteiger partial charge on any atom is -0.296 e. The highest BCUT2D eigenvalue weighted by Crippen LogP contribution is 2.20. The van der Waals surface area contributed by atoms with E-state index in [1.165, 1.54) is 0 Å². The second-order valence-corrected chi connectivity index (χ2v) is 7.92. The van der Waals surface area contributed by atoms with Crippen LogP contribution in [0.4, 0.5) is 5.13 Å². The van der Waals surface area contributed by atoms with Gasteiger partial charge in [0.05, 0.1) is 0 Å². The molecule has 1 aromatic heterocycles. The standard InChI is InChI=1S/C16H14N4O3S2/c21-14(13-9-5-2-6-10-13)18-15-19-20-16(24-15)25(22,23)17-11-12-7-3-1-4-8-12/h1-10,17H,11H2,(H,18,19,21). The molecule has 0 unspecified atom stereocenters. The Morgan fingerprint density at radius 1 is 0.960 bits per heavy atom. The van der Waals surface area contributed by atoms with E-state index in [4.69, 9.17) is 0 Å². The Labute approximate surface area is 148 Å². The molecule has 0 atom stereocenters. The lowest BCUT2D eigenvalue weighted by Gasteiger charge is -2.03. The SMILES string of the molecule is O=C(Nc1nnc(S(=O)(=O)NCc2ccccc2)s1)c1ccccc1. The molecular weight excluding hydrogens is 360 g/mol. The summed E-state index contributed by atoms with van der Waals surface area (Å²) < 4.78 is 26.8. The largest absolute Gasteiger partial charge is 0.296 e. The van der Waals surface area contributed by atoms with Crippen LogP contribution in [0.3, 0.4) is 0 Å². The highest BCUT2D eigenvalue weighted by Gasteiger charge is 2.20. The van der Waals surface area contributed by atoms with Crippen molar-refractivity contribution in [3.8, 4) is 0 Å². The number of amides is 1. The smallest absolute Gasteiger partial charge is 0.270 e. The summed E-state index contributed by atoms with van der Waals surface area (Å²) in [5.74, 6) is -0.377. The summed E-state index contributed by atoms with van der Waals surface area (Å²) in [4.78, 5) is 12.0. The molecule has 3 rings (SSSR count). The molecule has 2 N–H and O–H groups in total. The summed E-state index contributed by atoms with van der Waals surface area (Å²) in [7, 11) is -3.79. The van der Waals surface area contributed by atoms with Crippen LogP contribution in [0.15, 0.2) is 65.0 Å². The number of nitrogens with zero attached hydrogens (tertiary/aromatic N) is 2. The fourth-order valence-electron chi connectivity index (χ4n) is 1.96. The average molecular weight is 374 g/mol. The first-order chi connectivity index (χ1) is 12.0. The number of carbonyl (C=O) groups excluding carboxylic acids is 1. The molecule has 128 valence electrons. The van der Waals surface area contributed by atoms with E-state index < -0.39 is 10.0 Å². The normalized spacial score (nSPS) is 11.2. The molecule has 9 heteroatoms. The van der Waals surface area contributed by atoms with Crippen LogP contribution >= 0.6 is 11.3 Å². The van der Waals surface area contributed by atoms with Crippen LogP contribution in [0, 0.1) is 0 Å². The maximum Gasteiger partial charge on any atom is 0.270 e. The third kappa shape index (κ3) is 4.47. The van der Waals surface area contributed by atoms with Gasteiger partial charge in [0.1, 0.15) is 0 Å². The van der Waals surface area contributed by atoms with Crippen LogP contribution in [0.5, 0.6) is 0 Å². The Bertz CT molecular complexity index is 957. The summed E-state index contributed by atoms with van der Waals surface area (Å²) in [6, 6.07) is 17.7. The minimum absolute atomic E-state index is 0.119. The molecule has 0 aliphatic rings. The number of aromatic nitrogens is 2. The van der Waals surface area contributed by atoms with Gasteiger partial charge in [-0.25, -0.2) is 13.1 Å². The van der Waals surface area contributed by atoms with Gasteiger partial charge in [-0.1, -0.05) is 59.9 Å². The summed E-state index contributed by atoms with van der Waals surface area (Å²) in [6.07, 6.45) is 0. The van der Waals surface area contributed by atoms with Crippen molar-refractivity contribution >= 4 is 32.4 Å². The number of hydrogen-bond acceptors (Lipinski definition) is 6. The molecule has 25 heavy (non-hydrogen) atoms. The number of nitrogens with one attached hydrogen (secondary N) is 2. The summed E-state index contributed by atoms with van der Waals surface area (Å²) >= 11 is 0.793. The van der Waals surface area contributed by atoms with E-state index in [1.807, 2.05) is 30.3 Å². The zero-order valence-corrected chi connectivity index (χ0v) is 14.5. The fraction of sp³-hybridized carbons (Fsp3) is 0.0625. The molecule has 3 aromatic rings. The van der Waals surface area contributed by atoms with Gasteiger partial charge in [0.2, 0.25) is 9.47 Å². The molecule has 1 amide bonds. The molecule has 0 spiro atoms. The van der Waals surface area contributed by atoms with Gasteiger partial charge in [0.15, 0.2) is 0 Å². The van der Waals surface area contributed by atoms with Gasteiger partial charge in [0.25, 0.3) is 15.9 Å². The number of hydrogen-bond donors (Lipinski definition) is 2. The minimum atomic E-state index is -3.79. The molecule has 1 heterocycles. The number of sulfonamides is 1. The van der Waals surface area contributed by atoms with Gasteiger partial charge < -0.3 is 0 Å². The molecule has 0 saturated heterocycles. The zero-order valence-electron chi connectivity index (χ0n) is 12.9. The predicted octanol–water partition coefficient (Wildman–Crippen LogP) is 2.27. The predicted molar refractivity (Wildman–Crippen MR) is 94.8 cm³/mol. The van der Waals surface area contributed by atoms with Crippen LogP contribution in [0.25, 0.3) is 0 Å². The van der Waals surface area contributed by atoms with Crippen molar-refractivity contribution in [1.29, 1.82) is 0 Å². The molecule has 0 radical (unpaired) electrons. The molecule has 0 fully saturated rings. The van der Waals surface area contributed by atoms with Crippen molar-refractivity contribution < 1.29 is 13.2 Å². The molecule has 0 aliphatic carbocycles. The molecule has 7 nitrogen and oxygen atoms in total. The molecule has 0 aliphatic heterocycles. The van der Waals surface area contributed by atoms with Gasteiger partial charge in [0, 0.05) is 12.1 Å². The Hall–Kier alpha value is -2.62. The van der Waals surface area contributed by atoms with E-state index in [0.29, 0.717) is 5.56 Å². The van der Waals surface area contributed by atoms with Crippen LogP contribution in [0.1, 0.15) is 15.9 Å². The Kier molecular flexibility index (Phi) is 5.17. The number of rotatable bonds is 6. The summed E-state index contributed by atoms with van der Waals surface area (Å²) in [5, 5.41) is 10.0. The third-order valence-corrected chi connectivity index (χ3v) is 5.81. The van der Waals surface area contributed by atoms with Gasteiger partial charge in [-0.05, 0) is 17.7 Å². The zero-order chi connectivity index (χ0) is 17.7. The lowest BCUT2D eigenvalue weighted by molar-refractivity contribution is 0.102. The van der Waals surface area contributed by atoms with E-state index in [1.54, 1.807) is 30.3 Å². The monoisotopic (exact) mass is 374 g/mol. The lowest BCUT2D eigenvalue weighted by Crippen LogP contribution is -2.23. The van der Waals surface area contributed by atoms with Crippen LogP contribution in [0.2, 0.25) is 0 Å². The molecule has 2 aromatic carbocycles. The number of benzene rings is 2. The van der Waals surface area contributed by atoms with E-state index >= 15 is 0 Å². The van der Waals surface area contributed by atoms with Crippen LogP contribution in [-0.4, -0.2) is 24.5 Å². The van der Waals surface area contributed by atoms with Crippen molar-refractivity contribution in [3.63, 3.8) is 0 Å². The first-order valence-electron chi connectivity index (χ1n) is 7.28. The first-order valence-corrected chi connectivity index (χ1v) is 9.58. The van der Waals surface area contributed by atoms with Crippen molar-refractivity contribution in [2.24, 2.45) is 0 Å². The first kappa shape index (κ1) is 17.2. The topological polar surface area (TPSA) is 101 Å². The molecule has 0 bridgehead atoms. The molecular formula is C16H14N4O3S2. The summed E-state index contributed by atoms with van der Waals surface area (Å²) in [5.41, 5.74) is 1.28. The van der Waals surface area contributed by atoms with Gasteiger partial charge >= 0.3 is 0 Å². The summed E-state index contributed by atoms with van der Waals surface area (Å²) in [6.45, 7) is 0.147. The Morgan fingerprint density at radius 2 is 1.60 bits per heavy atom.